The normalized spacial score (nSPS) is 9.84. The highest BCUT2D eigenvalue weighted by molar-refractivity contribution is 9.11. The molecule has 0 heterocycles. The third kappa shape index (κ3) is 5.17. The van der Waals surface area contributed by atoms with Crippen LogP contribution in [-0.4, -0.2) is 23.3 Å². The number of carbonyl (C=O) groups is 2. The number of nitrogens with two attached hydrogens (primary N) is 1. The predicted octanol–water partition coefficient (Wildman–Crippen LogP) is 2.31. The molecule has 102 valence electrons. The summed E-state index contributed by atoms with van der Waals surface area (Å²) in [6.45, 7) is -0.0235. The molecule has 9 heteroatoms. The molecule has 1 aromatic carbocycles. The predicted molar refractivity (Wildman–Crippen MR) is 88.0 cm³/mol. The lowest BCUT2D eigenvalue weighted by molar-refractivity contribution is -0.135. The first-order valence-electron chi connectivity index (χ1n) is 4.83. The van der Waals surface area contributed by atoms with Crippen molar-refractivity contribution in [3.63, 3.8) is 0 Å². The molecule has 1 rings (SSSR count). The first kappa shape index (κ1) is 16.5. The molecule has 0 aliphatic carbocycles. The van der Waals surface area contributed by atoms with Gasteiger partial charge in [-0.1, -0.05) is 28.1 Å². The van der Waals surface area contributed by atoms with Crippen molar-refractivity contribution < 1.29 is 9.59 Å². The van der Waals surface area contributed by atoms with E-state index in [1.54, 1.807) is 12.1 Å². The minimum Gasteiger partial charge on any atom is -0.392 e. The minimum absolute atomic E-state index is 0.0235. The highest BCUT2D eigenvalue weighted by Crippen LogP contribution is 2.34. The fourth-order valence-corrected chi connectivity index (χ4v) is 3.61. The Morgan fingerprint density at radius 2 is 1.68 bits per heavy atom. The molecule has 0 bridgehead atoms. The van der Waals surface area contributed by atoms with Crippen LogP contribution in [-0.2, 0) is 9.59 Å². The summed E-state index contributed by atoms with van der Waals surface area (Å²) in [6, 6.07) is 3.49. The second kappa shape index (κ2) is 7.32. The molecule has 0 fully saturated rings. The lowest BCUT2D eigenvalue weighted by Crippen LogP contribution is -2.39. The SMILES string of the molecule is NC(=S)CNC(=O)C(=O)Nc1c(Br)cc(Br)cc1Br. The molecule has 4 N–H and O–H groups in total. The van der Waals surface area contributed by atoms with E-state index in [1.165, 1.54) is 0 Å². The Labute approximate surface area is 140 Å². The van der Waals surface area contributed by atoms with Crippen molar-refractivity contribution in [1.29, 1.82) is 0 Å². The van der Waals surface area contributed by atoms with E-state index in [9.17, 15) is 9.59 Å². The molecule has 0 atom stereocenters. The van der Waals surface area contributed by atoms with Crippen LogP contribution in [0.5, 0.6) is 0 Å². The number of amides is 2. The summed E-state index contributed by atoms with van der Waals surface area (Å²) in [7, 11) is 0. The zero-order valence-corrected chi connectivity index (χ0v) is 14.9. The van der Waals surface area contributed by atoms with Crippen molar-refractivity contribution in [2.24, 2.45) is 5.73 Å². The molecule has 5 nitrogen and oxygen atoms in total. The third-order valence-electron chi connectivity index (χ3n) is 1.87. The maximum absolute atomic E-state index is 11.7. The summed E-state index contributed by atoms with van der Waals surface area (Å²) in [5.41, 5.74) is 5.68. The summed E-state index contributed by atoms with van der Waals surface area (Å²) < 4.78 is 2.08. The molecule has 2 amide bonds. The Morgan fingerprint density at radius 3 is 2.16 bits per heavy atom. The maximum Gasteiger partial charge on any atom is 0.313 e. The summed E-state index contributed by atoms with van der Waals surface area (Å²) in [5.74, 6) is -1.62. The Balaban J connectivity index is 2.77. The van der Waals surface area contributed by atoms with Crippen LogP contribution in [0.3, 0.4) is 0 Å². The van der Waals surface area contributed by atoms with Gasteiger partial charge in [0, 0.05) is 13.4 Å². The number of nitrogens with one attached hydrogen (secondary N) is 2. The molecular weight excluding hydrogens is 466 g/mol. The molecule has 0 unspecified atom stereocenters. The second-order valence-corrected chi connectivity index (χ2v) is 6.50. The van der Waals surface area contributed by atoms with Gasteiger partial charge in [0.2, 0.25) is 0 Å². The van der Waals surface area contributed by atoms with Crippen LogP contribution in [0, 0.1) is 0 Å². The summed E-state index contributed by atoms with van der Waals surface area (Å²) >= 11 is 14.5. The van der Waals surface area contributed by atoms with E-state index >= 15 is 0 Å². The van der Waals surface area contributed by atoms with Crippen molar-refractivity contribution >= 4 is 82.5 Å². The number of thiocarbonyl (C=S) groups is 1. The number of halogens is 3. The Hall–Kier alpha value is -0.510. The van der Waals surface area contributed by atoms with Crippen LogP contribution in [0.1, 0.15) is 0 Å². The van der Waals surface area contributed by atoms with E-state index in [0.717, 1.165) is 4.47 Å². The van der Waals surface area contributed by atoms with Crippen LogP contribution in [0.15, 0.2) is 25.6 Å². The van der Waals surface area contributed by atoms with E-state index in [-0.39, 0.29) is 11.5 Å². The van der Waals surface area contributed by atoms with E-state index in [2.05, 4.69) is 70.6 Å². The number of carbonyl (C=O) groups excluding carboxylic acids is 2. The molecule has 1 aromatic rings. The molecular formula is C10H8Br3N3O2S. The molecule has 0 saturated carbocycles. The van der Waals surface area contributed by atoms with Crippen molar-refractivity contribution in [3.8, 4) is 0 Å². The number of rotatable bonds is 3. The Morgan fingerprint density at radius 1 is 1.16 bits per heavy atom. The lowest BCUT2D eigenvalue weighted by Gasteiger charge is -2.10. The van der Waals surface area contributed by atoms with E-state index in [0.29, 0.717) is 14.6 Å². The van der Waals surface area contributed by atoms with Crippen molar-refractivity contribution in [3.05, 3.63) is 25.6 Å². The number of hydrogen-bond donors (Lipinski definition) is 3. The van der Waals surface area contributed by atoms with Gasteiger partial charge in [-0.2, -0.15) is 0 Å². The Kier molecular flexibility index (Phi) is 6.37. The van der Waals surface area contributed by atoms with Crippen molar-refractivity contribution in [2.75, 3.05) is 11.9 Å². The van der Waals surface area contributed by atoms with Crippen LogP contribution in [0.25, 0.3) is 0 Å². The standard InChI is InChI=1S/C10H8Br3N3O2S/c11-4-1-5(12)8(6(13)2-4)16-10(18)9(17)15-3-7(14)19/h1-2H,3H2,(H2,14,19)(H,15,17)(H,16,18). The van der Waals surface area contributed by atoms with E-state index in [1.807, 2.05) is 0 Å². The molecule has 0 radical (unpaired) electrons. The average molecular weight is 474 g/mol. The van der Waals surface area contributed by atoms with Gasteiger partial charge >= 0.3 is 11.8 Å². The molecule has 0 aliphatic rings. The fraction of sp³-hybridized carbons (Fsp3) is 0.100. The van der Waals surface area contributed by atoms with Gasteiger partial charge in [-0.15, -0.1) is 0 Å². The van der Waals surface area contributed by atoms with Gasteiger partial charge in [0.25, 0.3) is 0 Å². The summed E-state index contributed by atoms with van der Waals surface area (Å²) in [6.07, 6.45) is 0. The molecule has 0 saturated heterocycles. The lowest BCUT2D eigenvalue weighted by atomic mass is 10.3. The molecule has 0 aromatic heterocycles. The van der Waals surface area contributed by atoms with E-state index in [4.69, 9.17) is 5.73 Å². The molecule has 19 heavy (non-hydrogen) atoms. The van der Waals surface area contributed by atoms with Gasteiger partial charge < -0.3 is 16.4 Å². The number of benzene rings is 1. The second-order valence-electron chi connectivity index (χ2n) is 3.35. The largest absolute Gasteiger partial charge is 0.392 e. The van der Waals surface area contributed by atoms with Gasteiger partial charge in [-0.05, 0) is 44.0 Å². The van der Waals surface area contributed by atoms with Gasteiger partial charge in [-0.25, -0.2) is 0 Å². The van der Waals surface area contributed by atoms with Gasteiger partial charge in [0.15, 0.2) is 0 Å². The van der Waals surface area contributed by atoms with Crippen molar-refractivity contribution in [2.45, 2.75) is 0 Å². The summed E-state index contributed by atoms with van der Waals surface area (Å²) in [5, 5.41) is 4.77. The maximum atomic E-state index is 11.7. The average Bonchev–Trinajstić information content (AvgIpc) is 2.30. The first-order chi connectivity index (χ1) is 8.81. The number of anilines is 1. The van der Waals surface area contributed by atoms with Crippen LogP contribution in [0.4, 0.5) is 5.69 Å². The topological polar surface area (TPSA) is 84.2 Å². The zero-order chi connectivity index (χ0) is 14.6. The summed E-state index contributed by atoms with van der Waals surface area (Å²) in [4.78, 5) is 23.2. The Bertz CT molecular complexity index is 528. The smallest absolute Gasteiger partial charge is 0.313 e. The monoisotopic (exact) mass is 471 g/mol. The van der Waals surface area contributed by atoms with Gasteiger partial charge in [0.05, 0.1) is 17.2 Å². The quantitative estimate of drug-likeness (QED) is 0.464. The molecule has 0 spiro atoms. The van der Waals surface area contributed by atoms with Crippen LogP contribution >= 0.6 is 60.0 Å². The zero-order valence-electron chi connectivity index (χ0n) is 9.30. The van der Waals surface area contributed by atoms with Gasteiger partial charge in [-0.3, -0.25) is 9.59 Å². The number of hydrogen-bond acceptors (Lipinski definition) is 3. The van der Waals surface area contributed by atoms with Crippen LogP contribution in [0.2, 0.25) is 0 Å². The van der Waals surface area contributed by atoms with Gasteiger partial charge in [0.1, 0.15) is 0 Å². The third-order valence-corrected chi connectivity index (χ3v) is 3.73. The fourth-order valence-electron chi connectivity index (χ4n) is 1.08. The highest BCUT2D eigenvalue weighted by atomic mass is 79.9. The van der Waals surface area contributed by atoms with Crippen LogP contribution < -0.4 is 16.4 Å². The highest BCUT2D eigenvalue weighted by Gasteiger charge is 2.16. The minimum atomic E-state index is -0.811. The van der Waals surface area contributed by atoms with Crippen molar-refractivity contribution in [1.82, 2.24) is 5.32 Å². The first-order valence-corrected chi connectivity index (χ1v) is 7.62. The van der Waals surface area contributed by atoms with E-state index < -0.39 is 11.8 Å². The molecule has 0 aliphatic heterocycles.